The van der Waals surface area contributed by atoms with Gasteiger partial charge in [0.1, 0.15) is 0 Å². The smallest absolute Gasteiger partial charge is 0.0671 e. The van der Waals surface area contributed by atoms with Crippen molar-refractivity contribution in [3.63, 3.8) is 0 Å². The molecule has 0 aromatic heterocycles. The Hall–Kier alpha value is 0.650. The van der Waals surface area contributed by atoms with Crippen LogP contribution in [-0.4, -0.2) is 30.4 Å². The summed E-state index contributed by atoms with van der Waals surface area (Å²) in [7, 11) is 0. The zero-order valence-electron chi connectivity index (χ0n) is 6.51. The van der Waals surface area contributed by atoms with Crippen LogP contribution < -0.4 is 0 Å². The Morgan fingerprint density at radius 3 is 2.91 bits per heavy atom. The van der Waals surface area contributed by atoms with Crippen molar-refractivity contribution >= 4 is 22.6 Å². The minimum atomic E-state index is 0.413. The highest BCUT2D eigenvalue weighted by atomic mass is 127. The predicted molar refractivity (Wildman–Crippen MR) is 51.1 cm³/mol. The molecule has 2 heterocycles. The van der Waals surface area contributed by atoms with Gasteiger partial charge in [0.15, 0.2) is 0 Å². The summed E-state index contributed by atoms with van der Waals surface area (Å²) >= 11 is 2.39. The van der Waals surface area contributed by atoms with E-state index in [9.17, 15) is 0 Å². The molecule has 2 nitrogen and oxygen atoms in total. The van der Waals surface area contributed by atoms with Crippen LogP contribution in [-0.2, 0) is 9.47 Å². The molecule has 64 valence electrons. The summed E-state index contributed by atoms with van der Waals surface area (Å²) in [4.78, 5) is 0. The predicted octanol–water partition coefficient (Wildman–Crippen LogP) is 1.62. The van der Waals surface area contributed by atoms with Crippen LogP contribution in [0, 0.1) is 5.41 Å². The highest BCUT2D eigenvalue weighted by Gasteiger charge is 2.42. The molecule has 0 bridgehead atoms. The summed E-state index contributed by atoms with van der Waals surface area (Å²) in [6, 6.07) is 0. The molecule has 0 aliphatic carbocycles. The Morgan fingerprint density at radius 1 is 1.45 bits per heavy atom. The molecule has 2 aliphatic rings. The minimum Gasteiger partial charge on any atom is -0.381 e. The summed E-state index contributed by atoms with van der Waals surface area (Å²) < 4.78 is 12.2. The maximum Gasteiger partial charge on any atom is 0.0671 e. The highest BCUT2D eigenvalue weighted by Crippen LogP contribution is 2.40. The molecule has 0 aromatic carbocycles. The Balaban J connectivity index is 1.96. The van der Waals surface area contributed by atoms with Crippen molar-refractivity contribution in [2.45, 2.75) is 18.9 Å². The molecular formula is C8H13IO2. The molecule has 0 radical (unpaired) electrons. The molecule has 0 amide bonds. The Kier molecular flexibility index (Phi) is 2.39. The fraction of sp³-hybridized carbons (Fsp3) is 1.00. The maximum absolute atomic E-state index is 5.65. The fourth-order valence-electron chi connectivity index (χ4n) is 1.92. The fourth-order valence-corrected chi connectivity index (χ4v) is 2.48. The molecule has 1 spiro atoms. The summed E-state index contributed by atoms with van der Waals surface area (Å²) in [5, 5.41) is 0. The van der Waals surface area contributed by atoms with Gasteiger partial charge in [-0.3, -0.25) is 0 Å². The lowest BCUT2D eigenvalue weighted by Crippen LogP contribution is -2.21. The third-order valence-electron chi connectivity index (χ3n) is 2.64. The number of hydrogen-bond acceptors (Lipinski definition) is 2. The van der Waals surface area contributed by atoms with Gasteiger partial charge < -0.3 is 9.47 Å². The molecule has 3 heteroatoms. The normalized spacial score (nSPS) is 43.9. The first-order valence-corrected chi connectivity index (χ1v) is 5.63. The number of rotatable bonds is 1. The third kappa shape index (κ3) is 1.55. The largest absolute Gasteiger partial charge is 0.381 e. The lowest BCUT2D eigenvalue weighted by atomic mass is 9.85. The van der Waals surface area contributed by atoms with Crippen LogP contribution in [0.2, 0.25) is 0 Å². The quantitative estimate of drug-likeness (QED) is 0.531. The molecule has 0 N–H and O–H groups in total. The molecule has 11 heavy (non-hydrogen) atoms. The molecule has 2 rings (SSSR count). The minimum absolute atomic E-state index is 0.413. The van der Waals surface area contributed by atoms with Gasteiger partial charge >= 0.3 is 0 Å². The van der Waals surface area contributed by atoms with Crippen LogP contribution in [0.15, 0.2) is 0 Å². The highest BCUT2D eigenvalue weighted by molar-refractivity contribution is 14.1. The van der Waals surface area contributed by atoms with E-state index in [1.54, 1.807) is 0 Å². The van der Waals surface area contributed by atoms with E-state index in [1.165, 1.54) is 12.8 Å². The molecule has 2 fully saturated rings. The van der Waals surface area contributed by atoms with E-state index in [1.807, 2.05) is 0 Å². The van der Waals surface area contributed by atoms with Crippen molar-refractivity contribution < 1.29 is 9.47 Å². The standard InChI is InChI=1S/C8H13IO2/c9-4-7-3-8(6-11-7)1-2-10-5-8/h7H,1-6H2. The van der Waals surface area contributed by atoms with E-state index in [4.69, 9.17) is 9.47 Å². The van der Waals surface area contributed by atoms with E-state index in [-0.39, 0.29) is 0 Å². The van der Waals surface area contributed by atoms with Gasteiger partial charge in [0, 0.05) is 16.4 Å². The van der Waals surface area contributed by atoms with Gasteiger partial charge in [-0.1, -0.05) is 22.6 Å². The maximum atomic E-state index is 5.65. The Morgan fingerprint density at radius 2 is 2.36 bits per heavy atom. The van der Waals surface area contributed by atoms with Gasteiger partial charge in [-0.15, -0.1) is 0 Å². The summed E-state index contributed by atoms with van der Waals surface area (Å²) in [5.74, 6) is 0. The van der Waals surface area contributed by atoms with Gasteiger partial charge in [0.25, 0.3) is 0 Å². The molecular weight excluding hydrogens is 255 g/mol. The van der Waals surface area contributed by atoms with Crippen LogP contribution in [0.3, 0.4) is 0 Å². The van der Waals surface area contributed by atoms with E-state index in [0.717, 1.165) is 24.2 Å². The van der Waals surface area contributed by atoms with Gasteiger partial charge in [0.05, 0.1) is 19.3 Å². The summed E-state index contributed by atoms with van der Waals surface area (Å²) in [6.07, 6.45) is 2.92. The second-order valence-electron chi connectivity index (χ2n) is 3.59. The zero-order valence-corrected chi connectivity index (χ0v) is 8.67. The topological polar surface area (TPSA) is 18.5 Å². The lowest BCUT2D eigenvalue weighted by molar-refractivity contribution is 0.0993. The molecule has 0 saturated carbocycles. The average molecular weight is 268 g/mol. The number of ether oxygens (including phenoxy) is 2. The van der Waals surface area contributed by atoms with Crippen LogP contribution >= 0.6 is 22.6 Å². The van der Waals surface area contributed by atoms with Gasteiger partial charge in [-0.05, 0) is 12.8 Å². The first kappa shape index (κ1) is 8.26. The van der Waals surface area contributed by atoms with Crippen LogP contribution in [0.4, 0.5) is 0 Å². The van der Waals surface area contributed by atoms with Crippen LogP contribution in [0.25, 0.3) is 0 Å². The molecule has 2 saturated heterocycles. The average Bonchev–Trinajstić information content (AvgIpc) is 2.62. The Bertz CT molecular complexity index is 143. The van der Waals surface area contributed by atoms with E-state index < -0.39 is 0 Å². The number of alkyl halides is 1. The summed E-state index contributed by atoms with van der Waals surface area (Å²) in [5.41, 5.74) is 0.413. The van der Waals surface area contributed by atoms with Crippen molar-refractivity contribution in [3.8, 4) is 0 Å². The van der Waals surface area contributed by atoms with E-state index >= 15 is 0 Å². The van der Waals surface area contributed by atoms with Gasteiger partial charge in [-0.25, -0.2) is 0 Å². The monoisotopic (exact) mass is 268 g/mol. The van der Waals surface area contributed by atoms with Crippen molar-refractivity contribution in [1.29, 1.82) is 0 Å². The second-order valence-corrected chi connectivity index (χ2v) is 4.47. The van der Waals surface area contributed by atoms with Gasteiger partial charge in [0.2, 0.25) is 0 Å². The third-order valence-corrected chi connectivity index (χ3v) is 3.63. The second kappa shape index (κ2) is 3.18. The van der Waals surface area contributed by atoms with Crippen molar-refractivity contribution in [2.24, 2.45) is 5.41 Å². The van der Waals surface area contributed by atoms with Gasteiger partial charge in [-0.2, -0.15) is 0 Å². The SMILES string of the molecule is ICC1CC2(CCOC2)CO1. The van der Waals surface area contributed by atoms with E-state index in [2.05, 4.69) is 22.6 Å². The van der Waals surface area contributed by atoms with Crippen molar-refractivity contribution in [3.05, 3.63) is 0 Å². The molecule has 2 unspecified atom stereocenters. The van der Waals surface area contributed by atoms with Crippen LogP contribution in [0.5, 0.6) is 0 Å². The number of hydrogen-bond donors (Lipinski definition) is 0. The van der Waals surface area contributed by atoms with E-state index in [0.29, 0.717) is 11.5 Å². The van der Waals surface area contributed by atoms with Crippen LogP contribution in [0.1, 0.15) is 12.8 Å². The first-order valence-electron chi connectivity index (χ1n) is 4.10. The van der Waals surface area contributed by atoms with Crippen molar-refractivity contribution in [2.75, 3.05) is 24.2 Å². The molecule has 0 aromatic rings. The molecule has 2 atom stereocenters. The molecule has 2 aliphatic heterocycles. The zero-order chi connectivity index (χ0) is 7.73. The van der Waals surface area contributed by atoms with Crippen molar-refractivity contribution in [1.82, 2.24) is 0 Å². The summed E-state index contributed by atoms with van der Waals surface area (Å²) in [6.45, 7) is 2.80. The number of halogens is 1. The first-order chi connectivity index (χ1) is 5.35. The lowest BCUT2D eigenvalue weighted by Gasteiger charge is -2.17. The Labute approximate surface area is 80.8 Å².